The molecular weight excluding hydrogens is 198 g/mol. The maximum Gasteiger partial charge on any atom is 0.193 e. The van der Waals surface area contributed by atoms with Gasteiger partial charge in [0.1, 0.15) is 0 Å². The first-order valence-corrected chi connectivity index (χ1v) is 5.90. The molecule has 1 aromatic carbocycles. The summed E-state index contributed by atoms with van der Waals surface area (Å²) in [6, 6.07) is 6.34. The molecule has 0 heterocycles. The van der Waals surface area contributed by atoms with Gasteiger partial charge in [-0.1, -0.05) is 32.0 Å². The third-order valence-corrected chi connectivity index (χ3v) is 2.58. The van der Waals surface area contributed by atoms with E-state index in [2.05, 4.69) is 42.4 Å². The Morgan fingerprint density at radius 3 is 2.19 bits per heavy atom. The number of guanidine groups is 1. The molecule has 88 valence electrons. The molecule has 0 aliphatic carbocycles. The molecule has 16 heavy (non-hydrogen) atoms. The fourth-order valence-corrected chi connectivity index (χ4v) is 1.74. The molecule has 0 spiro atoms. The Bertz CT molecular complexity index is 347. The van der Waals surface area contributed by atoms with Crippen molar-refractivity contribution in [1.82, 2.24) is 0 Å². The van der Waals surface area contributed by atoms with Crippen molar-refractivity contribution in [2.45, 2.75) is 33.6 Å². The molecular formula is C13H21N3. The fraction of sp³-hybridized carbons (Fsp3) is 0.462. The van der Waals surface area contributed by atoms with Gasteiger partial charge in [0.2, 0.25) is 0 Å². The van der Waals surface area contributed by atoms with Gasteiger partial charge >= 0.3 is 0 Å². The number of hydrogen-bond donors (Lipinski definition) is 2. The van der Waals surface area contributed by atoms with Crippen LogP contribution < -0.4 is 11.1 Å². The molecule has 0 amide bonds. The minimum absolute atomic E-state index is 0.498. The van der Waals surface area contributed by atoms with Gasteiger partial charge in [-0.3, -0.25) is 4.99 Å². The van der Waals surface area contributed by atoms with Crippen LogP contribution in [0.15, 0.2) is 23.2 Å². The van der Waals surface area contributed by atoms with Crippen LogP contribution in [-0.2, 0) is 12.8 Å². The Kier molecular flexibility index (Phi) is 4.83. The predicted molar refractivity (Wildman–Crippen MR) is 71.0 cm³/mol. The molecule has 0 fully saturated rings. The summed E-state index contributed by atoms with van der Waals surface area (Å²) in [4.78, 5) is 4.15. The fourth-order valence-electron chi connectivity index (χ4n) is 1.74. The summed E-state index contributed by atoms with van der Waals surface area (Å²) in [5, 5.41) is 3.21. The first kappa shape index (κ1) is 12.6. The molecule has 1 aromatic rings. The number of anilines is 1. The summed E-state index contributed by atoms with van der Waals surface area (Å²) in [6.45, 7) is 6.97. The molecule has 0 aliphatic rings. The predicted octanol–water partition coefficient (Wildman–Crippen LogP) is 2.56. The average molecular weight is 219 g/mol. The quantitative estimate of drug-likeness (QED) is 0.604. The number of rotatable bonds is 4. The van der Waals surface area contributed by atoms with E-state index in [1.165, 1.54) is 11.1 Å². The molecule has 1 rings (SSSR count). The number of nitrogens with one attached hydrogen (secondary N) is 1. The zero-order valence-corrected chi connectivity index (χ0v) is 10.4. The standard InChI is InChI=1S/C13H21N3/c1-4-10-8-7-9-11(5-2)12(10)16-13(14)15-6-3/h7-9H,4-6H2,1-3H3,(H3,14,15,16). The number of hydrogen-bond acceptors (Lipinski definition) is 1. The first-order chi connectivity index (χ1) is 7.72. The Balaban J connectivity index is 3.04. The van der Waals surface area contributed by atoms with Crippen LogP contribution in [0.4, 0.5) is 5.69 Å². The van der Waals surface area contributed by atoms with E-state index in [1.807, 2.05) is 6.92 Å². The zero-order chi connectivity index (χ0) is 12.0. The first-order valence-electron chi connectivity index (χ1n) is 5.90. The second-order valence-corrected chi connectivity index (χ2v) is 3.64. The monoisotopic (exact) mass is 219 g/mol. The molecule has 0 atom stereocenters. The number of aliphatic imine (C=N–C) groups is 1. The molecule has 0 aliphatic heterocycles. The van der Waals surface area contributed by atoms with Crippen molar-refractivity contribution in [3.8, 4) is 0 Å². The van der Waals surface area contributed by atoms with Gasteiger partial charge < -0.3 is 11.1 Å². The van der Waals surface area contributed by atoms with Crippen molar-refractivity contribution in [3.63, 3.8) is 0 Å². The van der Waals surface area contributed by atoms with Crippen LogP contribution in [0.2, 0.25) is 0 Å². The third-order valence-electron chi connectivity index (χ3n) is 2.58. The lowest BCUT2D eigenvalue weighted by molar-refractivity contribution is 1.08. The van der Waals surface area contributed by atoms with Crippen LogP contribution in [0.5, 0.6) is 0 Å². The number of para-hydroxylation sites is 1. The molecule has 3 N–H and O–H groups in total. The average Bonchev–Trinajstić information content (AvgIpc) is 2.29. The Hall–Kier alpha value is -1.51. The summed E-state index contributed by atoms with van der Waals surface area (Å²) < 4.78 is 0. The molecule has 0 unspecified atom stereocenters. The van der Waals surface area contributed by atoms with E-state index in [4.69, 9.17) is 5.73 Å². The summed E-state index contributed by atoms with van der Waals surface area (Å²) in [5.74, 6) is 0.498. The highest BCUT2D eigenvalue weighted by atomic mass is 15.1. The number of benzene rings is 1. The number of nitrogens with two attached hydrogens (primary N) is 1. The van der Waals surface area contributed by atoms with E-state index < -0.39 is 0 Å². The van der Waals surface area contributed by atoms with Gasteiger partial charge in [0, 0.05) is 12.2 Å². The SMILES string of the molecule is CCN=C(N)Nc1c(CC)cccc1CC. The molecule has 0 bridgehead atoms. The van der Waals surface area contributed by atoms with Crippen molar-refractivity contribution < 1.29 is 0 Å². The van der Waals surface area contributed by atoms with E-state index in [0.717, 1.165) is 18.5 Å². The van der Waals surface area contributed by atoms with Crippen molar-refractivity contribution in [2.75, 3.05) is 11.9 Å². The van der Waals surface area contributed by atoms with Gasteiger partial charge in [-0.05, 0) is 30.9 Å². The van der Waals surface area contributed by atoms with E-state index in [9.17, 15) is 0 Å². The minimum Gasteiger partial charge on any atom is -0.370 e. The van der Waals surface area contributed by atoms with E-state index in [1.54, 1.807) is 0 Å². The van der Waals surface area contributed by atoms with E-state index in [0.29, 0.717) is 12.5 Å². The zero-order valence-electron chi connectivity index (χ0n) is 10.4. The van der Waals surface area contributed by atoms with Crippen LogP contribution in [0, 0.1) is 0 Å². The Morgan fingerprint density at radius 1 is 1.19 bits per heavy atom. The largest absolute Gasteiger partial charge is 0.370 e. The molecule has 0 radical (unpaired) electrons. The molecule has 0 aromatic heterocycles. The maximum absolute atomic E-state index is 5.80. The number of nitrogens with zero attached hydrogens (tertiary/aromatic N) is 1. The Labute approximate surface area is 97.8 Å². The molecule has 0 saturated heterocycles. The van der Waals surface area contributed by atoms with Crippen LogP contribution >= 0.6 is 0 Å². The van der Waals surface area contributed by atoms with Crippen LogP contribution in [0.1, 0.15) is 31.9 Å². The van der Waals surface area contributed by atoms with Crippen LogP contribution in [0.3, 0.4) is 0 Å². The van der Waals surface area contributed by atoms with Crippen LogP contribution in [0.25, 0.3) is 0 Å². The van der Waals surface area contributed by atoms with Crippen molar-refractivity contribution >= 4 is 11.6 Å². The van der Waals surface area contributed by atoms with Crippen molar-refractivity contribution in [3.05, 3.63) is 29.3 Å². The minimum atomic E-state index is 0.498. The van der Waals surface area contributed by atoms with E-state index >= 15 is 0 Å². The van der Waals surface area contributed by atoms with Gasteiger partial charge in [-0.15, -0.1) is 0 Å². The molecule has 3 nitrogen and oxygen atoms in total. The van der Waals surface area contributed by atoms with Gasteiger partial charge in [0.05, 0.1) is 0 Å². The van der Waals surface area contributed by atoms with Gasteiger partial charge in [0.25, 0.3) is 0 Å². The smallest absolute Gasteiger partial charge is 0.193 e. The maximum atomic E-state index is 5.80. The highest BCUT2D eigenvalue weighted by Gasteiger charge is 2.06. The summed E-state index contributed by atoms with van der Waals surface area (Å²) >= 11 is 0. The third kappa shape index (κ3) is 2.99. The molecule has 3 heteroatoms. The Morgan fingerprint density at radius 2 is 1.75 bits per heavy atom. The molecule has 0 saturated carbocycles. The summed E-state index contributed by atoms with van der Waals surface area (Å²) in [5.41, 5.74) is 9.50. The lowest BCUT2D eigenvalue weighted by Crippen LogP contribution is -2.24. The highest BCUT2D eigenvalue weighted by Crippen LogP contribution is 2.22. The summed E-state index contributed by atoms with van der Waals surface area (Å²) in [6.07, 6.45) is 1.99. The number of aryl methyl sites for hydroxylation is 2. The van der Waals surface area contributed by atoms with Gasteiger partial charge in [-0.2, -0.15) is 0 Å². The topological polar surface area (TPSA) is 50.4 Å². The highest BCUT2D eigenvalue weighted by molar-refractivity contribution is 5.93. The lowest BCUT2D eigenvalue weighted by atomic mass is 10.0. The normalized spacial score (nSPS) is 11.6. The summed E-state index contributed by atoms with van der Waals surface area (Å²) in [7, 11) is 0. The van der Waals surface area contributed by atoms with E-state index in [-0.39, 0.29) is 0 Å². The van der Waals surface area contributed by atoms with Crippen LogP contribution in [-0.4, -0.2) is 12.5 Å². The van der Waals surface area contributed by atoms with Crippen molar-refractivity contribution in [1.29, 1.82) is 0 Å². The van der Waals surface area contributed by atoms with Gasteiger partial charge in [-0.25, -0.2) is 0 Å². The van der Waals surface area contributed by atoms with Crippen molar-refractivity contribution in [2.24, 2.45) is 10.7 Å². The lowest BCUT2D eigenvalue weighted by Gasteiger charge is -2.14. The van der Waals surface area contributed by atoms with Gasteiger partial charge in [0.15, 0.2) is 5.96 Å². The second-order valence-electron chi connectivity index (χ2n) is 3.64. The second kappa shape index (κ2) is 6.16.